The summed E-state index contributed by atoms with van der Waals surface area (Å²) in [6, 6.07) is 1.41. The van der Waals surface area contributed by atoms with Crippen molar-refractivity contribution in [2.45, 2.75) is 11.8 Å². The number of anilines is 1. The fourth-order valence-corrected chi connectivity index (χ4v) is 3.16. The van der Waals surface area contributed by atoms with E-state index in [0.29, 0.717) is 12.1 Å². The number of sulfonamides is 1. The average molecular weight is 399 g/mol. The fourth-order valence-electron chi connectivity index (χ4n) is 1.98. The second-order valence-corrected chi connectivity index (χ2v) is 6.40. The molecule has 2 rings (SSSR count). The Balaban J connectivity index is 2.55. The van der Waals surface area contributed by atoms with Crippen LogP contribution < -0.4 is 9.46 Å². The highest BCUT2D eigenvalue weighted by Gasteiger charge is 2.33. The highest BCUT2D eigenvalue weighted by atomic mass is 32.2. The number of benzene rings is 2. The van der Waals surface area contributed by atoms with Gasteiger partial charge in [0.05, 0.1) is 12.3 Å². The minimum atomic E-state index is -5.30. The van der Waals surface area contributed by atoms with Gasteiger partial charge in [-0.3, -0.25) is 4.72 Å². The van der Waals surface area contributed by atoms with Crippen molar-refractivity contribution < 1.29 is 45.3 Å². The molecule has 0 aliphatic heterocycles. The van der Waals surface area contributed by atoms with Crippen LogP contribution in [0, 0.1) is 29.1 Å². The first kappa shape index (κ1) is 19.6. The molecular weight excluding hydrogens is 389 g/mol. The Morgan fingerprint density at radius 1 is 0.923 bits per heavy atom. The number of rotatable bonds is 5. The Morgan fingerprint density at radius 2 is 1.35 bits per heavy atom. The molecule has 142 valence electrons. The molecule has 0 aliphatic rings. The number of hydrogen-bond donors (Lipinski definition) is 3. The average Bonchev–Trinajstić information content (AvgIpc) is 2.54. The molecule has 26 heavy (non-hydrogen) atoms. The molecule has 0 atom stereocenters. The van der Waals surface area contributed by atoms with Crippen LogP contribution in [0.5, 0.6) is 17.2 Å². The van der Waals surface area contributed by atoms with Crippen LogP contribution in [0.4, 0.5) is 27.6 Å². The minimum absolute atomic E-state index is 0.0384. The molecule has 12 heteroatoms. The molecule has 2 aromatic rings. The zero-order chi connectivity index (χ0) is 19.8. The fraction of sp³-hybridized carbons (Fsp3) is 0.143. The molecule has 0 heterocycles. The third-order valence-electron chi connectivity index (χ3n) is 3.03. The van der Waals surface area contributed by atoms with Crippen LogP contribution in [0.15, 0.2) is 17.0 Å². The van der Waals surface area contributed by atoms with Crippen LogP contribution in [-0.2, 0) is 10.0 Å². The third-order valence-corrected chi connectivity index (χ3v) is 4.43. The summed E-state index contributed by atoms with van der Waals surface area (Å²) in [4.78, 5) is -2.11. The van der Waals surface area contributed by atoms with E-state index in [2.05, 4.69) is 0 Å². The lowest BCUT2D eigenvalue weighted by molar-refractivity contribution is 0.299. The highest BCUT2D eigenvalue weighted by Crippen LogP contribution is 2.39. The van der Waals surface area contributed by atoms with Crippen molar-refractivity contribution in [3.05, 3.63) is 41.2 Å². The second kappa shape index (κ2) is 6.86. The smallest absolute Gasteiger partial charge is 0.267 e. The molecular formula is C14H10F5NO5S. The molecule has 0 amide bonds. The van der Waals surface area contributed by atoms with E-state index >= 15 is 0 Å². The van der Waals surface area contributed by atoms with Crippen molar-refractivity contribution in [3.8, 4) is 17.2 Å². The van der Waals surface area contributed by atoms with Gasteiger partial charge in [0, 0.05) is 12.1 Å². The van der Waals surface area contributed by atoms with Crippen molar-refractivity contribution >= 4 is 15.7 Å². The molecule has 0 fully saturated rings. The van der Waals surface area contributed by atoms with Crippen molar-refractivity contribution in [1.82, 2.24) is 0 Å². The highest BCUT2D eigenvalue weighted by molar-refractivity contribution is 7.92. The van der Waals surface area contributed by atoms with Crippen LogP contribution in [0.25, 0.3) is 0 Å². The van der Waals surface area contributed by atoms with E-state index < -0.39 is 66.9 Å². The van der Waals surface area contributed by atoms with Gasteiger partial charge in [0.15, 0.2) is 39.7 Å². The van der Waals surface area contributed by atoms with Gasteiger partial charge in [-0.1, -0.05) is 0 Å². The number of phenols is 2. The molecule has 0 unspecified atom stereocenters. The van der Waals surface area contributed by atoms with E-state index in [1.54, 1.807) is 0 Å². The van der Waals surface area contributed by atoms with Gasteiger partial charge in [-0.15, -0.1) is 0 Å². The molecule has 0 saturated heterocycles. The van der Waals surface area contributed by atoms with Crippen LogP contribution in [0.3, 0.4) is 0 Å². The SMILES string of the molecule is CCOc1c(O)cc(NS(=O)(=O)c2c(F)c(F)c(F)c(F)c2F)cc1O. The number of aromatic hydroxyl groups is 2. The standard InChI is InChI=1S/C14H10F5NO5S/c1-2-25-13-6(21)3-5(4-7(13)22)20-26(23,24)14-11(18)9(16)8(15)10(17)12(14)19/h3-4,20-22H,2H2,1H3. The Labute approximate surface area is 143 Å². The maximum Gasteiger partial charge on any atom is 0.267 e. The minimum Gasteiger partial charge on any atom is -0.504 e. The topological polar surface area (TPSA) is 95.9 Å². The summed E-state index contributed by atoms with van der Waals surface area (Å²) in [5, 5.41) is 19.3. The maximum atomic E-state index is 13.7. The molecule has 0 spiro atoms. The second-order valence-electron chi connectivity index (χ2n) is 4.78. The first-order chi connectivity index (χ1) is 12.0. The lowest BCUT2D eigenvalue weighted by atomic mass is 10.2. The molecule has 2 aromatic carbocycles. The van der Waals surface area contributed by atoms with Gasteiger partial charge in [0.1, 0.15) is 0 Å². The van der Waals surface area contributed by atoms with Crippen molar-refractivity contribution in [1.29, 1.82) is 0 Å². The number of hydrogen-bond acceptors (Lipinski definition) is 5. The van der Waals surface area contributed by atoms with E-state index in [0.717, 1.165) is 0 Å². The van der Waals surface area contributed by atoms with Gasteiger partial charge < -0.3 is 14.9 Å². The molecule has 6 nitrogen and oxygen atoms in total. The van der Waals surface area contributed by atoms with E-state index in [-0.39, 0.29) is 6.61 Å². The summed E-state index contributed by atoms with van der Waals surface area (Å²) in [7, 11) is -5.30. The monoisotopic (exact) mass is 399 g/mol. The predicted octanol–water partition coefficient (Wildman–Crippen LogP) is 2.99. The van der Waals surface area contributed by atoms with Gasteiger partial charge >= 0.3 is 0 Å². The Kier molecular flexibility index (Phi) is 5.16. The van der Waals surface area contributed by atoms with Crippen molar-refractivity contribution in [2.24, 2.45) is 0 Å². The molecule has 0 saturated carbocycles. The van der Waals surface area contributed by atoms with Crippen molar-refractivity contribution in [2.75, 3.05) is 11.3 Å². The van der Waals surface area contributed by atoms with E-state index in [1.165, 1.54) is 11.6 Å². The number of nitrogens with one attached hydrogen (secondary N) is 1. The van der Waals surface area contributed by atoms with Gasteiger partial charge in [-0.2, -0.15) is 0 Å². The summed E-state index contributed by atoms with van der Waals surface area (Å²) in [6.45, 7) is 1.56. The van der Waals surface area contributed by atoms with Gasteiger partial charge in [-0.05, 0) is 6.92 Å². The summed E-state index contributed by atoms with van der Waals surface area (Å²) in [5.74, 6) is -14.4. The summed E-state index contributed by atoms with van der Waals surface area (Å²) < 4.78 is 97.2. The number of phenolic OH excluding ortho intramolecular Hbond substituents is 2. The first-order valence-electron chi connectivity index (χ1n) is 6.74. The Bertz CT molecular complexity index is 928. The number of halogens is 5. The summed E-state index contributed by atoms with van der Waals surface area (Å²) in [6.07, 6.45) is 0. The van der Waals surface area contributed by atoms with Crippen LogP contribution in [0.2, 0.25) is 0 Å². The molecule has 3 N–H and O–H groups in total. The molecule has 0 aromatic heterocycles. The quantitative estimate of drug-likeness (QED) is 0.408. The Hall–Kier alpha value is -2.76. The third kappa shape index (κ3) is 3.31. The van der Waals surface area contributed by atoms with Crippen LogP contribution in [0.1, 0.15) is 6.92 Å². The van der Waals surface area contributed by atoms with Gasteiger partial charge in [-0.25, -0.2) is 30.4 Å². The lowest BCUT2D eigenvalue weighted by Crippen LogP contribution is -2.19. The van der Waals surface area contributed by atoms with E-state index in [1.807, 2.05) is 0 Å². The molecule has 0 bridgehead atoms. The van der Waals surface area contributed by atoms with E-state index in [9.17, 15) is 40.6 Å². The maximum absolute atomic E-state index is 13.7. The predicted molar refractivity (Wildman–Crippen MR) is 78.0 cm³/mol. The van der Waals surface area contributed by atoms with Gasteiger partial charge in [0.25, 0.3) is 10.0 Å². The summed E-state index contributed by atoms with van der Waals surface area (Å²) >= 11 is 0. The largest absolute Gasteiger partial charge is 0.504 e. The normalized spacial score (nSPS) is 11.5. The zero-order valence-electron chi connectivity index (χ0n) is 12.8. The van der Waals surface area contributed by atoms with Gasteiger partial charge in [0.2, 0.25) is 11.6 Å². The Morgan fingerprint density at radius 3 is 1.77 bits per heavy atom. The van der Waals surface area contributed by atoms with Crippen LogP contribution in [-0.4, -0.2) is 25.2 Å². The number of ether oxygens (including phenoxy) is 1. The first-order valence-corrected chi connectivity index (χ1v) is 8.22. The molecule has 0 aliphatic carbocycles. The van der Waals surface area contributed by atoms with Crippen LogP contribution >= 0.6 is 0 Å². The zero-order valence-corrected chi connectivity index (χ0v) is 13.6. The molecule has 0 radical (unpaired) electrons. The summed E-state index contributed by atoms with van der Waals surface area (Å²) in [5.41, 5.74) is -0.618. The van der Waals surface area contributed by atoms with Crippen molar-refractivity contribution in [3.63, 3.8) is 0 Å². The van der Waals surface area contributed by atoms with E-state index in [4.69, 9.17) is 4.74 Å². The lowest BCUT2D eigenvalue weighted by Gasteiger charge is -2.13.